The van der Waals surface area contributed by atoms with Gasteiger partial charge < -0.3 is 8.17 Å². The van der Waals surface area contributed by atoms with Gasteiger partial charge in [-0.05, 0) is 0 Å². The summed E-state index contributed by atoms with van der Waals surface area (Å²) in [6.45, 7) is 0.349. The van der Waals surface area contributed by atoms with Gasteiger partial charge in [0, 0.05) is 7.05 Å². The number of aliphatic hydroxyl groups excluding tert-OH is 1. The number of nitrogens with one attached hydrogen (secondary N) is 1. The number of hydrogen-bond acceptors (Lipinski definition) is 4. The van der Waals surface area contributed by atoms with E-state index in [4.69, 9.17) is 13.0 Å². The lowest BCUT2D eigenvalue weighted by atomic mass is 10.4. The van der Waals surface area contributed by atoms with Gasteiger partial charge >= 0.3 is 0 Å². The highest BCUT2D eigenvalue weighted by molar-refractivity contribution is 14.1. The third-order valence-corrected chi connectivity index (χ3v) is 1.10. The summed E-state index contributed by atoms with van der Waals surface area (Å²) in [5, 5.41) is 8.54. The van der Waals surface area contributed by atoms with E-state index >= 15 is 0 Å². The lowest BCUT2D eigenvalue weighted by molar-refractivity contribution is -0.0538. The zero-order valence-corrected chi connectivity index (χ0v) is 7.29. The fraction of sp³-hybridized carbons (Fsp3) is 1.00. The maximum absolute atomic E-state index is 8.54. The summed E-state index contributed by atoms with van der Waals surface area (Å²) in [4.78, 5) is 4.80. The standard InChI is InChI=1S/C4H10INO3/c1-6-9-4(2-7)3-8-5/h4,6-7H,2-3H2,1H3. The number of halogens is 1. The molecule has 5 heteroatoms. The Balaban J connectivity index is 3.18. The Morgan fingerprint density at radius 2 is 2.44 bits per heavy atom. The molecule has 0 saturated carbocycles. The Kier molecular flexibility index (Phi) is 7.11. The van der Waals surface area contributed by atoms with E-state index in [0.717, 1.165) is 0 Å². The molecule has 1 atom stereocenters. The first-order valence-corrected chi connectivity index (χ1v) is 3.40. The van der Waals surface area contributed by atoms with Crippen LogP contribution in [0.5, 0.6) is 0 Å². The lowest BCUT2D eigenvalue weighted by Crippen LogP contribution is -2.27. The van der Waals surface area contributed by atoms with Crippen LogP contribution in [0.1, 0.15) is 0 Å². The minimum absolute atomic E-state index is 0.0379. The van der Waals surface area contributed by atoms with Gasteiger partial charge in [-0.15, -0.1) is 0 Å². The molecule has 0 amide bonds. The lowest BCUT2D eigenvalue weighted by Gasteiger charge is -2.10. The smallest absolute Gasteiger partial charge is 0.126 e. The molecule has 1 unspecified atom stereocenters. The van der Waals surface area contributed by atoms with E-state index in [0.29, 0.717) is 6.61 Å². The molecule has 0 fully saturated rings. The molecule has 0 radical (unpaired) electrons. The molecule has 0 saturated heterocycles. The number of aliphatic hydroxyl groups is 1. The molecule has 0 aromatic carbocycles. The van der Waals surface area contributed by atoms with Crippen molar-refractivity contribution in [3.8, 4) is 0 Å². The molecule has 56 valence electrons. The molecule has 0 aromatic heterocycles. The maximum atomic E-state index is 8.54. The van der Waals surface area contributed by atoms with Crippen LogP contribution in [0.25, 0.3) is 0 Å². The normalized spacial score (nSPS) is 13.7. The maximum Gasteiger partial charge on any atom is 0.126 e. The van der Waals surface area contributed by atoms with Crippen molar-refractivity contribution in [3.63, 3.8) is 0 Å². The molecule has 0 spiro atoms. The van der Waals surface area contributed by atoms with Crippen molar-refractivity contribution in [1.82, 2.24) is 5.48 Å². The average molecular weight is 247 g/mol. The highest BCUT2D eigenvalue weighted by Gasteiger charge is 2.05. The quantitative estimate of drug-likeness (QED) is 0.524. The van der Waals surface area contributed by atoms with Crippen LogP contribution < -0.4 is 5.48 Å². The van der Waals surface area contributed by atoms with Crippen molar-refractivity contribution in [2.45, 2.75) is 6.10 Å². The summed E-state index contributed by atoms with van der Waals surface area (Å²) in [6.07, 6.45) is -0.271. The first kappa shape index (κ1) is 9.57. The Morgan fingerprint density at radius 1 is 1.78 bits per heavy atom. The van der Waals surface area contributed by atoms with E-state index in [1.807, 2.05) is 0 Å². The second-order valence-electron chi connectivity index (χ2n) is 1.40. The van der Waals surface area contributed by atoms with Crippen LogP contribution in [0.3, 0.4) is 0 Å². The van der Waals surface area contributed by atoms with Gasteiger partial charge in [0.2, 0.25) is 0 Å². The number of hydrogen-bond donors (Lipinski definition) is 2. The zero-order valence-electron chi connectivity index (χ0n) is 5.13. The summed E-state index contributed by atoms with van der Waals surface area (Å²) < 4.78 is 4.69. The van der Waals surface area contributed by atoms with Crippen molar-refractivity contribution >= 4 is 23.0 Å². The molecule has 2 N–H and O–H groups in total. The molecule has 0 heterocycles. The molecular weight excluding hydrogens is 237 g/mol. The van der Waals surface area contributed by atoms with Crippen molar-refractivity contribution in [2.75, 3.05) is 20.3 Å². The predicted molar refractivity (Wildman–Crippen MR) is 41.0 cm³/mol. The average Bonchev–Trinajstić information content (AvgIpc) is 1.88. The minimum atomic E-state index is -0.271. The van der Waals surface area contributed by atoms with Gasteiger partial charge in [-0.2, -0.15) is 0 Å². The van der Waals surface area contributed by atoms with Gasteiger partial charge in [0.25, 0.3) is 0 Å². The van der Waals surface area contributed by atoms with Gasteiger partial charge in [-0.25, -0.2) is 5.48 Å². The topological polar surface area (TPSA) is 50.7 Å². The second-order valence-corrected chi connectivity index (χ2v) is 2.03. The highest BCUT2D eigenvalue weighted by atomic mass is 127. The Labute approximate surface area is 68.2 Å². The first-order valence-electron chi connectivity index (χ1n) is 2.52. The SMILES string of the molecule is CNOC(CO)COI. The van der Waals surface area contributed by atoms with Crippen LogP contribution >= 0.6 is 23.0 Å². The molecule has 9 heavy (non-hydrogen) atoms. The Hall–Kier alpha value is 0.570. The molecule has 0 rings (SSSR count). The van der Waals surface area contributed by atoms with Gasteiger partial charge in [0.15, 0.2) is 0 Å². The molecule has 0 aliphatic carbocycles. The molecule has 0 aliphatic rings. The third-order valence-electron chi connectivity index (χ3n) is 0.737. The van der Waals surface area contributed by atoms with E-state index in [1.165, 1.54) is 0 Å². The fourth-order valence-electron chi connectivity index (χ4n) is 0.361. The molecule has 0 bridgehead atoms. The van der Waals surface area contributed by atoms with Crippen LogP contribution in [-0.4, -0.2) is 31.5 Å². The second kappa shape index (κ2) is 6.69. The zero-order chi connectivity index (χ0) is 7.11. The molecular formula is C4H10INO3. The van der Waals surface area contributed by atoms with Crippen LogP contribution in [0.15, 0.2) is 0 Å². The van der Waals surface area contributed by atoms with E-state index < -0.39 is 0 Å². The van der Waals surface area contributed by atoms with Crippen LogP contribution in [0.2, 0.25) is 0 Å². The van der Waals surface area contributed by atoms with Crippen molar-refractivity contribution < 1.29 is 13.0 Å². The Bertz CT molecular complexity index is 57.8. The van der Waals surface area contributed by atoms with E-state index in [9.17, 15) is 0 Å². The van der Waals surface area contributed by atoms with E-state index in [2.05, 4.69) is 5.48 Å². The Morgan fingerprint density at radius 3 is 2.78 bits per heavy atom. The number of rotatable bonds is 5. The summed E-state index contributed by atoms with van der Waals surface area (Å²) in [6, 6.07) is 0. The van der Waals surface area contributed by atoms with Crippen LogP contribution in [-0.2, 0) is 7.90 Å². The van der Waals surface area contributed by atoms with Gasteiger partial charge in [-0.3, -0.25) is 4.84 Å². The van der Waals surface area contributed by atoms with Crippen molar-refractivity contribution in [1.29, 1.82) is 0 Å². The third kappa shape index (κ3) is 5.04. The first-order chi connectivity index (χ1) is 4.35. The fourth-order valence-corrected chi connectivity index (χ4v) is 0.762. The van der Waals surface area contributed by atoms with Gasteiger partial charge in [-0.1, -0.05) is 0 Å². The molecule has 0 aliphatic heterocycles. The van der Waals surface area contributed by atoms with Gasteiger partial charge in [0.1, 0.15) is 29.1 Å². The highest BCUT2D eigenvalue weighted by Crippen LogP contribution is 1.93. The van der Waals surface area contributed by atoms with Crippen LogP contribution in [0, 0.1) is 0 Å². The summed E-state index contributed by atoms with van der Waals surface area (Å²) in [5.74, 6) is 0. The summed E-state index contributed by atoms with van der Waals surface area (Å²) >= 11 is 1.75. The summed E-state index contributed by atoms with van der Waals surface area (Å²) in [7, 11) is 1.63. The summed E-state index contributed by atoms with van der Waals surface area (Å²) in [5.41, 5.74) is 2.46. The van der Waals surface area contributed by atoms with Gasteiger partial charge in [0.05, 0.1) is 13.2 Å². The largest absolute Gasteiger partial charge is 0.393 e. The minimum Gasteiger partial charge on any atom is -0.393 e. The molecule has 4 nitrogen and oxygen atoms in total. The van der Waals surface area contributed by atoms with E-state index in [-0.39, 0.29) is 12.7 Å². The van der Waals surface area contributed by atoms with Crippen molar-refractivity contribution in [3.05, 3.63) is 0 Å². The van der Waals surface area contributed by atoms with E-state index in [1.54, 1.807) is 30.1 Å². The van der Waals surface area contributed by atoms with Crippen molar-refractivity contribution in [2.24, 2.45) is 0 Å². The predicted octanol–water partition coefficient (Wildman–Crippen LogP) is -0.135. The number of hydroxylamine groups is 1. The monoisotopic (exact) mass is 247 g/mol. The molecule has 0 aromatic rings. The van der Waals surface area contributed by atoms with Crippen LogP contribution in [0.4, 0.5) is 0 Å².